The summed E-state index contributed by atoms with van der Waals surface area (Å²) in [5.74, 6) is -1.10. The van der Waals surface area contributed by atoms with Gasteiger partial charge in [-0.15, -0.1) is 0 Å². The van der Waals surface area contributed by atoms with Crippen molar-refractivity contribution in [1.82, 2.24) is 15.0 Å². The first kappa shape index (κ1) is 34.2. The average molecular weight is 625 g/mol. The summed E-state index contributed by atoms with van der Waals surface area (Å²) in [6.07, 6.45) is 2.28. The third-order valence-corrected chi connectivity index (χ3v) is 8.22. The quantitative estimate of drug-likeness (QED) is 0.222. The second-order valence-corrected chi connectivity index (χ2v) is 12.8. The Kier molecular flexibility index (Phi) is 11.1. The van der Waals surface area contributed by atoms with Crippen LogP contribution in [-0.2, 0) is 18.4 Å². The van der Waals surface area contributed by atoms with E-state index in [2.05, 4.69) is 19.0 Å². The Balaban J connectivity index is 1.68. The molecule has 0 saturated heterocycles. The molecule has 8 nitrogen and oxygen atoms in total. The molecule has 1 fully saturated rings. The van der Waals surface area contributed by atoms with Gasteiger partial charge in [-0.05, 0) is 92.8 Å². The molecule has 244 valence electrons. The van der Waals surface area contributed by atoms with Crippen LogP contribution in [0.4, 0.5) is 8.78 Å². The average Bonchev–Trinajstić information content (AvgIpc) is 3.64. The van der Waals surface area contributed by atoms with Gasteiger partial charge in [0.05, 0.1) is 11.8 Å². The molecule has 0 spiro atoms. The topological polar surface area (TPSA) is 113 Å². The normalized spacial score (nSPS) is 15.2. The van der Waals surface area contributed by atoms with Crippen molar-refractivity contribution < 1.29 is 28.0 Å². The molecule has 3 aromatic rings. The van der Waals surface area contributed by atoms with Gasteiger partial charge in [-0.25, -0.2) is 8.78 Å². The Morgan fingerprint density at radius 1 is 0.956 bits per heavy atom. The van der Waals surface area contributed by atoms with Gasteiger partial charge in [0.25, 0.3) is 11.8 Å². The van der Waals surface area contributed by atoms with Crippen molar-refractivity contribution in [2.45, 2.75) is 90.8 Å². The molecule has 0 aliphatic heterocycles. The fraction of sp³-hybridized carbons (Fsp3) is 0.514. The number of hydrogen-bond acceptors (Lipinski definition) is 6. The van der Waals surface area contributed by atoms with Crippen LogP contribution in [-0.4, -0.2) is 63.7 Å². The SMILES string of the molecule is CCCN(CCC)C(=O)c1cc(C)cc(C(=O)N(C[C@@H](O)[C@@H](N)Cc2cc(F)cc(F)c2)C2(c3cc(CC(C)C)no3)CC2)c1. The van der Waals surface area contributed by atoms with Gasteiger partial charge in [-0.2, -0.15) is 0 Å². The Hall–Kier alpha value is -3.63. The van der Waals surface area contributed by atoms with Gasteiger partial charge < -0.3 is 25.2 Å². The Labute approximate surface area is 264 Å². The maximum atomic E-state index is 14.4. The van der Waals surface area contributed by atoms with Crippen molar-refractivity contribution in [1.29, 1.82) is 0 Å². The van der Waals surface area contributed by atoms with Crippen molar-refractivity contribution in [3.05, 3.63) is 87.8 Å². The second-order valence-electron chi connectivity index (χ2n) is 12.8. The number of hydrogen-bond donors (Lipinski definition) is 2. The van der Waals surface area contributed by atoms with Crippen molar-refractivity contribution in [2.75, 3.05) is 19.6 Å². The van der Waals surface area contributed by atoms with Crippen LogP contribution in [0.25, 0.3) is 0 Å². The number of nitrogens with two attached hydrogens (primary N) is 1. The number of rotatable bonds is 15. The summed E-state index contributed by atoms with van der Waals surface area (Å²) in [5, 5.41) is 15.6. The molecule has 4 rings (SSSR count). The summed E-state index contributed by atoms with van der Waals surface area (Å²) in [5.41, 5.74) is 8.08. The standard InChI is InChI=1S/C35H46F2N4O4/c1-6-10-40(11-7-2)33(43)25-13-23(5)14-26(18-25)34(44)41(35(8-9-35)32-20-29(39-45-32)12-22(3)4)21-31(42)30(38)17-24-15-27(36)19-28(37)16-24/h13-16,18-20,22,30-31,42H,6-12,17,21,38H2,1-5H3/t30-,31+/m0/s1. The van der Waals surface area contributed by atoms with Crippen molar-refractivity contribution >= 4 is 11.8 Å². The van der Waals surface area contributed by atoms with Crippen LogP contribution in [0.15, 0.2) is 47.0 Å². The molecule has 1 aliphatic rings. The highest BCUT2D eigenvalue weighted by Gasteiger charge is 2.55. The number of carbonyl (C=O) groups is 2. The lowest BCUT2D eigenvalue weighted by molar-refractivity contribution is 0.0362. The number of aliphatic hydroxyl groups excluding tert-OH is 1. The molecule has 0 radical (unpaired) electrons. The lowest BCUT2D eigenvalue weighted by Gasteiger charge is -2.34. The molecule has 1 aromatic heterocycles. The number of nitrogens with zero attached hydrogens (tertiary/aromatic N) is 3. The molecular weight excluding hydrogens is 578 g/mol. The summed E-state index contributed by atoms with van der Waals surface area (Å²) >= 11 is 0. The molecule has 2 atom stereocenters. The van der Waals surface area contributed by atoms with Gasteiger partial charge in [0.15, 0.2) is 5.76 Å². The highest BCUT2D eigenvalue weighted by molar-refractivity contribution is 6.00. The van der Waals surface area contributed by atoms with Crippen LogP contribution in [0.3, 0.4) is 0 Å². The smallest absolute Gasteiger partial charge is 0.254 e. The first-order chi connectivity index (χ1) is 21.4. The van der Waals surface area contributed by atoms with Gasteiger partial charge in [-0.3, -0.25) is 9.59 Å². The number of amides is 2. The molecule has 2 aromatic carbocycles. The Bertz CT molecular complexity index is 1460. The number of benzene rings is 2. The third-order valence-electron chi connectivity index (χ3n) is 8.22. The van der Waals surface area contributed by atoms with E-state index in [0.29, 0.717) is 60.7 Å². The van der Waals surface area contributed by atoms with Crippen LogP contribution in [0.5, 0.6) is 0 Å². The maximum absolute atomic E-state index is 14.4. The summed E-state index contributed by atoms with van der Waals surface area (Å²) < 4.78 is 33.5. The predicted molar refractivity (Wildman–Crippen MR) is 169 cm³/mol. The van der Waals surface area contributed by atoms with Gasteiger partial charge in [0.2, 0.25) is 0 Å². The van der Waals surface area contributed by atoms with Gasteiger partial charge >= 0.3 is 0 Å². The van der Waals surface area contributed by atoms with Crippen LogP contribution >= 0.6 is 0 Å². The zero-order valence-corrected chi connectivity index (χ0v) is 27.0. The monoisotopic (exact) mass is 624 g/mol. The molecule has 1 saturated carbocycles. The molecule has 3 N–H and O–H groups in total. The van der Waals surface area contributed by atoms with E-state index in [1.807, 2.05) is 26.8 Å². The summed E-state index contributed by atoms with van der Waals surface area (Å²) in [4.78, 5) is 31.3. The lowest BCUT2D eigenvalue weighted by atomic mass is 9.98. The predicted octanol–water partition coefficient (Wildman–Crippen LogP) is 5.78. The number of carbonyl (C=O) groups excluding carboxylic acids is 2. The third kappa shape index (κ3) is 8.35. The molecule has 2 amide bonds. The van der Waals surface area contributed by atoms with E-state index in [-0.39, 0.29) is 24.8 Å². The highest BCUT2D eigenvalue weighted by atomic mass is 19.1. The minimum atomic E-state index is -1.23. The molecular formula is C35H46F2N4O4. The minimum Gasteiger partial charge on any atom is -0.390 e. The van der Waals surface area contributed by atoms with E-state index >= 15 is 0 Å². The van der Waals surface area contributed by atoms with Crippen molar-refractivity contribution in [3.63, 3.8) is 0 Å². The molecule has 0 bridgehead atoms. The Morgan fingerprint density at radius 3 is 2.11 bits per heavy atom. The van der Waals surface area contributed by atoms with E-state index in [1.165, 1.54) is 12.1 Å². The number of aromatic nitrogens is 1. The van der Waals surface area contributed by atoms with Crippen LogP contribution in [0.1, 0.15) is 96.7 Å². The summed E-state index contributed by atoms with van der Waals surface area (Å²) in [6, 6.07) is 9.21. The zero-order valence-electron chi connectivity index (χ0n) is 27.0. The zero-order chi connectivity index (χ0) is 32.9. The molecule has 45 heavy (non-hydrogen) atoms. The summed E-state index contributed by atoms with van der Waals surface area (Å²) in [6.45, 7) is 11.1. The van der Waals surface area contributed by atoms with E-state index in [4.69, 9.17) is 10.3 Å². The second kappa shape index (κ2) is 14.6. The number of aryl methyl sites for hydroxylation is 1. The van der Waals surface area contributed by atoms with Crippen LogP contribution < -0.4 is 5.73 Å². The van der Waals surface area contributed by atoms with Crippen LogP contribution in [0, 0.1) is 24.5 Å². The molecule has 0 unspecified atom stereocenters. The fourth-order valence-electron chi connectivity index (χ4n) is 5.95. The highest BCUT2D eigenvalue weighted by Crippen LogP contribution is 2.52. The largest absolute Gasteiger partial charge is 0.390 e. The summed E-state index contributed by atoms with van der Waals surface area (Å²) in [7, 11) is 0. The molecule has 10 heteroatoms. The lowest BCUT2D eigenvalue weighted by Crippen LogP contribution is -2.50. The van der Waals surface area contributed by atoms with Gasteiger partial charge in [0, 0.05) is 48.9 Å². The molecule has 1 heterocycles. The van der Waals surface area contributed by atoms with Crippen molar-refractivity contribution in [3.8, 4) is 0 Å². The van der Waals surface area contributed by atoms with Crippen LogP contribution in [0.2, 0.25) is 0 Å². The molecule has 1 aliphatic carbocycles. The number of aliphatic hydroxyl groups is 1. The fourth-order valence-corrected chi connectivity index (χ4v) is 5.95. The van der Waals surface area contributed by atoms with E-state index < -0.39 is 29.3 Å². The Morgan fingerprint density at radius 2 is 1.56 bits per heavy atom. The van der Waals surface area contributed by atoms with Crippen molar-refractivity contribution in [2.24, 2.45) is 11.7 Å². The van der Waals surface area contributed by atoms with Gasteiger partial charge in [0.1, 0.15) is 17.2 Å². The number of halogens is 2. The first-order valence-electron chi connectivity index (χ1n) is 15.9. The van der Waals surface area contributed by atoms with Gasteiger partial charge in [-0.1, -0.05) is 32.9 Å². The van der Waals surface area contributed by atoms with E-state index in [9.17, 15) is 23.5 Å². The van der Waals surface area contributed by atoms with E-state index in [0.717, 1.165) is 30.2 Å². The maximum Gasteiger partial charge on any atom is 0.254 e. The minimum absolute atomic E-state index is 0.000488. The first-order valence-corrected chi connectivity index (χ1v) is 15.9. The van der Waals surface area contributed by atoms with E-state index in [1.54, 1.807) is 28.0 Å².